The van der Waals surface area contributed by atoms with Gasteiger partial charge >= 0.3 is 11.9 Å². The maximum atomic E-state index is 13.1. The number of nitrogens with zero attached hydrogens (tertiary/aromatic N) is 3. The molecule has 0 bridgehead atoms. The molecule has 2 unspecified atom stereocenters. The molecular formula is C59H117N3O5. The van der Waals surface area contributed by atoms with Gasteiger partial charge in [0.05, 0.1) is 13.2 Å². The van der Waals surface area contributed by atoms with E-state index in [0.29, 0.717) is 50.2 Å². The van der Waals surface area contributed by atoms with Crippen molar-refractivity contribution in [1.29, 1.82) is 0 Å². The van der Waals surface area contributed by atoms with Crippen LogP contribution in [0.2, 0.25) is 0 Å². The lowest BCUT2D eigenvalue weighted by Gasteiger charge is -2.26. The van der Waals surface area contributed by atoms with Crippen LogP contribution in [0.4, 0.5) is 0 Å². The van der Waals surface area contributed by atoms with Gasteiger partial charge in [0.1, 0.15) is 0 Å². The first-order chi connectivity index (χ1) is 32.7. The standard InChI is InChI=1S/C59H117N3O5/c1-8-14-20-24-26-32-41-55(39-30-22-16-10-3)53-66-58(64)44-34-28-36-47-61(52-51-60(7)46-38-43-57(63)62(49-18-12-5)50-19-13-6)48-37-29-35-45-59(65)67-54-56(40-31-23-17-11-4)42-33-27-25-21-15-9-2/h55-56H,8-54H2,1-7H3. The molecule has 0 aliphatic rings. The Labute approximate surface area is 418 Å². The van der Waals surface area contributed by atoms with E-state index in [0.717, 1.165) is 116 Å². The first-order valence-electron chi connectivity index (χ1n) is 29.7. The maximum Gasteiger partial charge on any atom is 0.305 e. The monoisotopic (exact) mass is 948 g/mol. The Balaban J connectivity index is 5.04. The molecule has 0 aromatic rings. The van der Waals surface area contributed by atoms with Crippen LogP contribution in [-0.2, 0) is 23.9 Å². The van der Waals surface area contributed by atoms with Gasteiger partial charge in [0.2, 0.25) is 5.91 Å². The Kier molecular flexibility index (Phi) is 49.4. The second kappa shape index (κ2) is 50.7. The summed E-state index contributed by atoms with van der Waals surface area (Å²) in [4.78, 5) is 45.9. The Hall–Kier alpha value is -1.67. The number of carbonyl (C=O) groups excluding carboxylic acids is 3. The first kappa shape index (κ1) is 65.3. The fourth-order valence-electron chi connectivity index (χ4n) is 9.37. The van der Waals surface area contributed by atoms with Gasteiger partial charge in [-0.25, -0.2) is 0 Å². The minimum atomic E-state index is -0.0175. The summed E-state index contributed by atoms with van der Waals surface area (Å²) in [6, 6.07) is 0. The van der Waals surface area contributed by atoms with E-state index in [-0.39, 0.29) is 11.9 Å². The summed E-state index contributed by atoms with van der Waals surface area (Å²) < 4.78 is 11.8. The van der Waals surface area contributed by atoms with Gasteiger partial charge in [-0.2, -0.15) is 0 Å². The highest BCUT2D eigenvalue weighted by Gasteiger charge is 2.16. The van der Waals surface area contributed by atoms with Crippen molar-refractivity contribution in [1.82, 2.24) is 14.7 Å². The summed E-state index contributed by atoms with van der Waals surface area (Å²) in [6.07, 6.45) is 43.6. The second-order valence-corrected chi connectivity index (χ2v) is 20.9. The summed E-state index contributed by atoms with van der Waals surface area (Å²) in [6.45, 7) is 21.4. The third-order valence-corrected chi connectivity index (χ3v) is 14.2. The molecule has 0 aliphatic heterocycles. The predicted molar refractivity (Wildman–Crippen MR) is 289 cm³/mol. The van der Waals surface area contributed by atoms with E-state index < -0.39 is 0 Å². The predicted octanol–water partition coefficient (Wildman–Crippen LogP) is 16.3. The van der Waals surface area contributed by atoms with Gasteiger partial charge < -0.3 is 24.2 Å². The fraction of sp³-hybridized carbons (Fsp3) is 0.949. The van der Waals surface area contributed by atoms with Crippen LogP contribution in [-0.4, -0.2) is 98.6 Å². The molecule has 0 aromatic carbocycles. The van der Waals surface area contributed by atoms with Crippen LogP contribution in [0.3, 0.4) is 0 Å². The number of carbonyl (C=O) groups is 3. The minimum absolute atomic E-state index is 0.0175. The molecule has 8 heteroatoms. The molecule has 0 spiro atoms. The van der Waals surface area contributed by atoms with Gasteiger partial charge in [-0.05, 0) is 109 Å². The lowest BCUT2D eigenvalue weighted by Crippen LogP contribution is -2.36. The average molecular weight is 949 g/mol. The molecule has 0 aromatic heterocycles. The van der Waals surface area contributed by atoms with Gasteiger partial charge in [0.25, 0.3) is 0 Å². The fourth-order valence-corrected chi connectivity index (χ4v) is 9.37. The Morgan fingerprint density at radius 1 is 0.343 bits per heavy atom. The number of esters is 2. The number of rotatable bonds is 53. The number of hydrogen-bond donors (Lipinski definition) is 0. The average Bonchev–Trinajstić information content (AvgIpc) is 3.32. The number of amides is 1. The molecule has 398 valence electrons. The molecule has 0 fully saturated rings. The molecule has 0 aliphatic carbocycles. The number of ether oxygens (including phenoxy) is 2. The van der Waals surface area contributed by atoms with Crippen LogP contribution in [0.25, 0.3) is 0 Å². The van der Waals surface area contributed by atoms with E-state index in [1.165, 1.54) is 154 Å². The van der Waals surface area contributed by atoms with E-state index in [4.69, 9.17) is 9.47 Å². The molecule has 1 amide bonds. The lowest BCUT2D eigenvalue weighted by atomic mass is 9.95. The summed E-state index contributed by atoms with van der Waals surface area (Å²) in [5.74, 6) is 1.30. The molecule has 0 N–H and O–H groups in total. The van der Waals surface area contributed by atoms with E-state index in [1.807, 2.05) is 0 Å². The van der Waals surface area contributed by atoms with Crippen LogP contribution in [0, 0.1) is 11.8 Å². The van der Waals surface area contributed by atoms with Crippen molar-refractivity contribution in [2.45, 2.75) is 286 Å². The van der Waals surface area contributed by atoms with Crippen LogP contribution in [0.5, 0.6) is 0 Å². The quantitative estimate of drug-likeness (QED) is 0.0444. The Morgan fingerprint density at radius 2 is 0.701 bits per heavy atom. The second-order valence-electron chi connectivity index (χ2n) is 20.9. The zero-order chi connectivity index (χ0) is 49.3. The van der Waals surface area contributed by atoms with Crippen molar-refractivity contribution in [3.05, 3.63) is 0 Å². The number of likely N-dealkylation sites (N-methyl/N-ethyl adjacent to an activating group) is 1. The molecule has 2 atom stereocenters. The summed E-state index contributed by atoms with van der Waals surface area (Å²) in [7, 11) is 2.19. The zero-order valence-corrected chi connectivity index (χ0v) is 46.3. The third-order valence-electron chi connectivity index (χ3n) is 14.2. The highest BCUT2D eigenvalue weighted by atomic mass is 16.5. The van der Waals surface area contributed by atoms with Crippen LogP contribution in [0.15, 0.2) is 0 Å². The van der Waals surface area contributed by atoms with E-state index in [9.17, 15) is 14.4 Å². The molecule has 8 nitrogen and oxygen atoms in total. The van der Waals surface area contributed by atoms with Gasteiger partial charge in [-0.15, -0.1) is 0 Å². The normalized spacial score (nSPS) is 12.6. The van der Waals surface area contributed by atoms with Crippen molar-refractivity contribution in [2.75, 3.05) is 66.1 Å². The van der Waals surface area contributed by atoms with E-state index in [1.54, 1.807) is 0 Å². The van der Waals surface area contributed by atoms with Crippen LogP contribution < -0.4 is 0 Å². The van der Waals surface area contributed by atoms with Gasteiger partial charge in [0.15, 0.2) is 0 Å². The summed E-state index contributed by atoms with van der Waals surface area (Å²) in [5, 5.41) is 0. The topological polar surface area (TPSA) is 79.4 Å². The van der Waals surface area contributed by atoms with Crippen molar-refractivity contribution < 1.29 is 23.9 Å². The largest absolute Gasteiger partial charge is 0.465 e. The molecule has 0 radical (unpaired) electrons. The van der Waals surface area contributed by atoms with Gasteiger partial charge in [-0.1, -0.05) is 196 Å². The summed E-state index contributed by atoms with van der Waals surface area (Å²) >= 11 is 0. The van der Waals surface area contributed by atoms with Gasteiger partial charge in [-0.3, -0.25) is 14.4 Å². The highest BCUT2D eigenvalue weighted by molar-refractivity contribution is 5.76. The zero-order valence-electron chi connectivity index (χ0n) is 46.3. The molecule has 67 heavy (non-hydrogen) atoms. The Bertz CT molecular complexity index is 1010. The van der Waals surface area contributed by atoms with Crippen molar-refractivity contribution in [2.24, 2.45) is 11.8 Å². The number of unbranched alkanes of at least 4 members (excludes halogenated alkanes) is 22. The number of hydrogen-bond acceptors (Lipinski definition) is 7. The first-order valence-corrected chi connectivity index (χ1v) is 29.7. The minimum Gasteiger partial charge on any atom is -0.465 e. The molecule has 0 heterocycles. The van der Waals surface area contributed by atoms with Crippen molar-refractivity contribution in [3.8, 4) is 0 Å². The SMILES string of the molecule is CCCCCCCCC(CCCCCC)COC(=O)CCCCCN(CCCCCC(=O)OCC(CCCCCC)CCCCCCCC)CCN(C)CCCC(=O)N(CCCC)CCCC. The van der Waals surface area contributed by atoms with E-state index >= 15 is 0 Å². The lowest BCUT2D eigenvalue weighted by molar-refractivity contribution is -0.146. The summed E-state index contributed by atoms with van der Waals surface area (Å²) in [5.41, 5.74) is 0. The van der Waals surface area contributed by atoms with Crippen LogP contribution >= 0.6 is 0 Å². The van der Waals surface area contributed by atoms with Crippen molar-refractivity contribution >= 4 is 17.8 Å². The van der Waals surface area contributed by atoms with Crippen molar-refractivity contribution in [3.63, 3.8) is 0 Å². The third kappa shape index (κ3) is 44.0. The molecular weight excluding hydrogens is 831 g/mol. The maximum absolute atomic E-state index is 13.1. The molecule has 0 saturated carbocycles. The van der Waals surface area contributed by atoms with Crippen LogP contribution in [0.1, 0.15) is 286 Å². The Morgan fingerprint density at radius 3 is 1.10 bits per heavy atom. The van der Waals surface area contributed by atoms with E-state index in [2.05, 4.69) is 63.3 Å². The highest BCUT2D eigenvalue weighted by Crippen LogP contribution is 2.22. The van der Waals surface area contributed by atoms with Gasteiger partial charge in [0, 0.05) is 45.4 Å². The molecule has 0 rings (SSSR count). The molecule has 0 saturated heterocycles. The smallest absolute Gasteiger partial charge is 0.305 e.